The van der Waals surface area contributed by atoms with E-state index >= 15 is 0 Å². The van der Waals surface area contributed by atoms with E-state index in [2.05, 4.69) is 22.8 Å². The molecule has 1 unspecified atom stereocenters. The van der Waals surface area contributed by atoms with Gasteiger partial charge >= 0.3 is 11.9 Å². The summed E-state index contributed by atoms with van der Waals surface area (Å²) in [7, 11) is 0. The maximum atomic E-state index is 9.97. The standard InChI is InChI=1S/C13H21NO3.O4S.H2/c1-13(2,3)14-7-12(17)9-4-5-11(16)10(6-9)8-15;1-2-4-5-3-1;/h4-6,12,14-17H,7-8H2,1-3H3;;1H. The summed E-state index contributed by atoms with van der Waals surface area (Å²) < 4.78 is 15.2. The van der Waals surface area contributed by atoms with Gasteiger partial charge in [-0.1, -0.05) is 6.07 Å². The molecular weight excluding hydrogens is 314 g/mol. The predicted molar refractivity (Wildman–Crippen MR) is 79.9 cm³/mol. The normalized spacial score (nSPS) is 12.4. The molecule has 0 saturated carbocycles. The summed E-state index contributed by atoms with van der Waals surface area (Å²) in [6.45, 7) is 6.26. The second kappa shape index (κ2) is 8.69. The molecule has 128 valence electrons. The van der Waals surface area contributed by atoms with Crippen LogP contribution in [0, 0.1) is 0 Å². The second-order valence-corrected chi connectivity index (χ2v) is 5.94. The number of hydrogen-bond donors (Lipinski definition) is 4. The first-order valence-corrected chi connectivity index (χ1v) is 7.19. The van der Waals surface area contributed by atoms with Gasteiger partial charge in [0.15, 0.2) is 0 Å². The summed E-state index contributed by atoms with van der Waals surface area (Å²) in [4.78, 5) is 0. The van der Waals surface area contributed by atoms with Gasteiger partial charge in [-0.05, 0) is 47.9 Å². The molecule has 9 heteroatoms. The lowest BCUT2D eigenvalue weighted by atomic mass is 10.0. The number of aliphatic hydroxyl groups excluding tert-OH is 2. The summed E-state index contributed by atoms with van der Waals surface area (Å²) in [6, 6.07) is 4.76. The van der Waals surface area contributed by atoms with Crippen molar-refractivity contribution in [2.45, 2.75) is 39.0 Å². The van der Waals surface area contributed by atoms with Crippen LogP contribution < -0.4 is 5.32 Å². The van der Waals surface area contributed by atoms with E-state index in [-0.39, 0.29) is 19.3 Å². The Hall–Kier alpha value is -1.68. The third-order valence-corrected chi connectivity index (χ3v) is 2.85. The van der Waals surface area contributed by atoms with Gasteiger partial charge < -0.3 is 20.6 Å². The maximum Gasteiger partial charge on any atom is 0.341 e. The number of rotatable bonds is 4. The van der Waals surface area contributed by atoms with E-state index in [9.17, 15) is 10.2 Å². The van der Waals surface area contributed by atoms with Crippen molar-refractivity contribution in [3.8, 4) is 5.75 Å². The minimum absolute atomic E-state index is 0. The lowest BCUT2D eigenvalue weighted by molar-refractivity contribution is -0.241. The van der Waals surface area contributed by atoms with Crippen molar-refractivity contribution in [1.29, 1.82) is 0 Å². The van der Waals surface area contributed by atoms with E-state index in [1.807, 2.05) is 20.8 Å². The van der Waals surface area contributed by atoms with Gasteiger partial charge in [0, 0.05) is 19.1 Å². The molecule has 1 atom stereocenters. The van der Waals surface area contributed by atoms with Crippen molar-refractivity contribution in [2.75, 3.05) is 6.54 Å². The van der Waals surface area contributed by atoms with Gasteiger partial charge in [-0.25, -0.2) is 0 Å². The summed E-state index contributed by atoms with van der Waals surface area (Å²) >= 11 is 0.630. The van der Waals surface area contributed by atoms with Crippen molar-refractivity contribution >= 4 is 11.9 Å². The molecule has 0 aliphatic rings. The topological polar surface area (TPSA) is 125 Å². The molecule has 8 nitrogen and oxygen atoms in total. The van der Waals surface area contributed by atoms with Crippen molar-refractivity contribution < 1.29 is 34.2 Å². The molecule has 0 saturated heterocycles. The number of nitrogens with one attached hydrogen (secondary N) is 1. The lowest BCUT2D eigenvalue weighted by Crippen LogP contribution is -2.38. The molecule has 0 bridgehead atoms. The first kappa shape index (κ1) is 18.4. The van der Waals surface area contributed by atoms with Gasteiger partial charge in [-0.2, -0.15) is 0 Å². The van der Waals surface area contributed by atoms with E-state index in [1.54, 1.807) is 12.1 Å². The molecule has 0 radical (unpaired) electrons. The highest BCUT2D eigenvalue weighted by molar-refractivity contribution is 6.92. The quantitative estimate of drug-likeness (QED) is 0.628. The molecule has 0 spiro atoms. The van der Waals surface area contributed by atoms with Crippen LogP contribution in [0.15, 0.2) is 35.7 Å². The molecule has 2 aromatic rings. The number of hydrogen-bond acceptors (Lipinski definition) is 9. The summed E-state index contributed by atoms with van der Waals surface area (Å²) in [5, 5.41) is 31.6. The molecule has 0 aliphatic carbocycles. The molecule has 2 rings (SSSR count). The molecule has 1 aromatic carbocycles. The van der Waals surface area contributed by atoms with Crippen molar-refractivity contribution in [3.05, 3.63) is 29.3 Å². The Labute approximate surface area is 133 Å². The Morgan fingerprint density at radius 2 is 1.91 bits per heavy atom. The average Bonchev–Trinajstić information content (AvgIpc) is 3.04. The van der Waals surface area contributed by atoms with Crippen LogP contribution in [0.1, 0.15) is 39.4 Å². The molecule has 1 aromatic heterocycles. The highest BCUT2D eigenvalue weighted by Crippen LogP contribution is 2.22. The smallest absolute Gasteiger partial charge is 0.341 e. The van der Waals surface area contributed by atoms with E-state index in [4.69, 9.17) is 5.11 Å². The number of aromatic hydroxyl groups is 1. The maximum absolute atomic E-state index is 9.97. The Kier molecular flexibility index (Phi) is 7.25. The third-order valence-electron chi connectivity index (χ3n) is 2.62. The molecule has 0 aliphatic heterocycles. The first-order chi connectivity index (χ1) is 10.3. The van der Waals surface area contributed by atoms with Crippen LogP contribution in [0.5, 0.6) is 5.75 Å². The fourth-order valence-electron chi connectivity index (χ4n) is 1.52. The van der Waals surface area contributed by atoms with Crippen LogP contribution in [0.25, 0.3) is 0 Å². The van der Waals surface area contributed by atoms with Crippen LogP contribution in [0.3, 0.4) is 0 Å². The fourth-order valence-corrected chi connectivity index (χ4v) is 1.63. The fraction of sp³-hybridized carbons (Fsp3) is 0.538. The van der Waals surface area contributed by atoms with E-state index < -0.39 is 6.10 Å². The summed E-state index contributed by atoms with van der Waals surface area (Å²) in [5.74, 6) is 0.0484. The van der Waals surface area contributed by atoms with Gasteiger partial charge in [0.1, 0.15) is 5.75 Å². The van der Waals surface area contributed by atoms with Crippen LogP contribution in [-0.2, 0) is 6.61 Å². The number of aliphatic hydroxyl groups is 2. The zero-order valence-electron chi connectivity index (χ0n) is 12.6. The van der Waals surface area contributed by atoms with E-state index in [0.29, 0.717) is 29.6 Å². The first-order valence-electron chi connectivity index (χ1n) is 6.52. The Balaban J connectivity index is 0.000000684. The highest BCUT2D eigenvalue weighted by Gasteiger charge is 2.14. The summed E-state index contributed by atoms with van der Waals surface area (Å²) in [5.41, 5.74) is 1.05. The van der Waals surface area contributed by atoms with E-state index in [1.165, 1.54) is 6.07 Å². The number of benzene rings is 1. The molecule has 0 amide bonds. The van der Waals surface area contributed by atoms with Gasteiger partial charge in [0.2, 0.25) is 0 Å². The third kappa shape index (κ3) is 6.85. The zero-order valence-corrected chi connectivity index (χ0v) is 13.4. The minimum atomic E-state index is -0.653. The highest BCUT2D eigenvalue weighted by atomic mass is 32.1. The van der Waals surface area contributed by atoms with Crippen molar-refractivity contribution in [1.82, 2.24) is 5.32 Å². The molecule has 4 N–H and O–H groups in total. The van der Waals surface area contributed by atoms with Gasteiger partial charge in [0.05, 0.1) is 12.7 Å². The molecule has 0 fully saturated rings. The monoisotopic (exact) mass is 337 g/mol. The number of β-amino-alcohol motifs (C(OH)–C–C–N with tert-alkyl or cyclic N) is 1. The number of phenols is 1. The molecule has 22 heavy (non-hydrogen) atoms. The van der Waals surface area contributed by atoms with Crippen LogP contribution in [-0.4, -0.2) is 27.4 Å². The van der Waals surface area contributed by atoms with Crippen LogP contribution in [0.4, 0.5) is 0 Å². The Bertz CT molecular complexity index is 531. The Morgan fingerprint density at radius 1 is 1.27 bits per heavy atom. The van der Waals surface area contributed by atoms with Gasteiger partial charge in [-0.3, -0.25) is 0 Å². The Morgan fingerprint density at radius 3 is 2.36 bits per heavy atom. The van der Waals surface area contributed by atoms with Gasteiger partial charge in [-0.15, -0.1) is 8.02 Å². The van der Waals surface area contributed by atoms with Crippen molar-refractivity contribution in [3.63, 3.8) is 0 Å². The lowest BCUT2D eigenvalue weighted by Gasteiger charge is -2.23. The van der Waals surface area contributed by atoms with Crippen molar-refractivity contribution in [2.24, 2.45) is 0 Å². The second-order valence-electron chi connectivity index (χ2n) is 5.53. The SMILES string of the molecule is CC(C)(C)NCC(O)c1ccc(O)c(CO)c1.[HH].o1ooso1. The average molecular weight is 337 g/mol. The minimum Gasteiger partial charge on any atom is -0.508 e. The van der Waals surface area contributed by atoms with Gasteiger partial charge in [0.25, 0.3) is 0 Å². The molecular formula is C13H23NO7S. The van der Waals surface area contributed by atoms with E-state index in [0.717, 1.165) is 0 Å². The zero-order chi connectivity index (χ0) is 16.6. The molecule has 1 heterocycles. The summed E-state index contributed by atoms with van der Waals surface area (Å²) in [6.07, 6.45) is -0.653. The predicted octanol–water partition coefficient (Wildman–Crippen LogP) is 2.80. The largest absolute Gasteiger partial charge is 0.508 e. The van der Waals surface area contributed by atoms with Crippen LogP contribution in [0.2, 0.25) is 0 Å². The van der Waals surface area contributed by atoms with Crippen LogP contribution >= 0.6 is 11.9 Å².